The number of nitrogens with zero attached hydrogens (tertiary/aromatic N) is 2. The average Bonchev–Trinajstić information content (AvgIpc) is 3.24. The van der Waals surface area contributed by atoms with Crippen molar-refractivity contribution < 1.29 is 18.7 Å². The number of benzene rings is 3. The topological polar surface area (TPSA) is 51.1 Å². The van der Waals surface area contributed by atoms with E-state index >= 15 is 0 Å². The zero-order valence-electron chi connectivity index (χ0n) is 16.1. The molecule has 1 amide bonds. The molecule has 0 N–H and O–H groups in total. The maximum atomic E-state index is 13.9. The molecule has 3 aromatic rings. The molecule has 2 unspecified atom stereocenters. The van der Waals surface area contributed by atoms with Crippen LogP contribution in [0.1, 0.15) is 23.6 Å². The van der Waals surface area contributed by atoms with Gasteiger partial charge in [-0.05, 0) is 35.4 Å². The summed E-state index contributed by atoms with van der Waals surface area (Å²) in [6.07, 6.45) is -0.335. The van der Waals surface area contributed by atoms with E-state index in [9.17, 15) is 9.18 Å². The Morgan fingerprint density at radius 1 is 0.967 bits per heavy atom. The lowest BCUT2D eigenvalue weighted by Crippen LogP contribution is -2.44. The van der Waals surface area contributed by atoms with Gasteiger partial charge in [0.25, 0.3) is 5.91 Å². The Morgan fingerprint density at radius 3 is 2.53 bits per heavy atom. The van der Waals surface area contributed by atoms with Gasteiger partial charge < -0.3 is 9.47 Å². The van der Waals surface area contributed by atoms with Crippen LogP contribution in [0.15, 0.2) is 84.0 Å². The molecule has 2 aliphatic rings. The molecule has 0 aliphatic carbocycles. The van der Waals surface area contributed by atoms with Gasteiger partial charge in [0.2, 0.25) is 6.10 Å². The van der Waals surface area contributed by atoms with Crippen LogP contribution < -0.4 is 9.47 Å². The number of para-hydroxylation sites is 2. The van der Waals surface area contributed by atoms with Gasteiger partial charge in [-0.2, -0.15) is 5.10 Å². The van der Waals surface area contributed by atoms with Crippen molar-refractivity contribution in [2.24, 2.45) is 5.10 Å². The van der Waals surface area contributed by atoms with Crippen LogP contribution in [-0.4, -0.2) is 29.3 Å². The molecule has 5 rings (SSSR count). The second kappa shape index (κ2) is 7.63. The monoisotopic (exact) mass is 402 g/mol. The lowest BCUT2D eigenvalue weighted by atomic mass is 9.98. The summed E-state index contributed by atoms with van der Waals surface area (Å²) in [4.78, 5) is 13.4. The second-order valence-electron chi connectivity index (χ2n) is 7.23. The molecule has 0 radical (unpaired) electrons. The fourth-order valence-corrected chi connectivity index (χ4v) is 3.78. The van der Waals surface area contributed by atoms with Crippen LogP contribution in [0, 0.1) is 5.82 Å². The van der Waals surface area contributed by atoms with Crippen molar-refractivity contribution >= 4 is 11.6 Å². The number of hydrogen-bond acceptors (Lipinski definition) is 4. The van der Waals surface area contributed by atoms with Gasteiger partial charge in [0.15, 0.2) is 11.5 Å². The van der Waals surface area contributed by atoms with Crippen LogP contribution >= 0.6 is 0 Å². The molecule has 3 aromatic carbocycles. The molecule has 2 atom stereocenters. The van der Waals surface area contributed by atoms with E-state index in [4.69, 9.17) is 9.47 Å². The molecule has 2 aliphatic heterocycles. The molecular weight excluding hydrogens is 383 g/mol. The number of ether oxygens (including phenoxy) is 2. The molecule has 0 saturated carbocycles. The summed E-state index contributed by atoms with van der Waals surface area (Å²) < 4.78 is 25.5. The van der Waals surface area contributed by atoms with E-state index in [1.54, 1.807) is 18.2 Å². The zero-order valence-corrected chi connectivity index (χ0v) is 16.1. The fourth-order valence-electron chi connectivity index (χ4n) is 3.78. The molecular formula is C24H19FN2O3. The predicted octanol–water partition coefficient (Wildman–Crippen LogP) is 4.34. The number of fused-ring (bicyclic) bond motifs is 1. The summed E-state index contributed by atoms with van der Waals surface area (Å²) in [6.45, 7) is 0.0956. The minimum absolute atomic E-state index is 0.0956. The summed E-state index contributed by atoms with van der Waals surface area (Å²) in [7, 11) is 0. The zero-order chi connectivity index (χ0) is 20.5. The molecule has 0 fully saturated rings. The molecule has 0 saturated heterocycles. The molecule has 0 spiro atoms. The Labute approximate surface area is 173 Å². The summed E-state index contributed by atoms with van der Waals surface area (Å²) in [6, 6.07) is 22.8. The molecule has 30 heavy (non-hydrogen) atoms. The van der Waals surface area contributed by atoms with E-state index in [2.05, 4.69) is 5.10 Å². The third-order valence-electron chi connectivity index (χ3n) is 5.26. The minimum atomic E-state index is -0.824. The maximum Gasteiger partial charge on any atom is 0.287 e. The minimum Gasteiger partial charge on any atom is -0.485 e. The number of amides is 1. The van der Waals surface area contributed by atoms with Gasteiger partial charge in [0.05, 0.1) is 11.8 Å². The van der Waals surface area contributed by atoms with Crippen molar-refractivity contribution in [3.05, 3.63) is 95.8 Å². The molecule has 150 valence electrons. The first-order chi connectivity index (χ1) is 14.7. The first kappa shape index (κ1) is 18.4. The van der Waals surface area contributed by atoms with Crippen LogP contribution in [0.25, 0.3) is 0 Å². The third-order valence-corrected chi connectivity index (χ3v) is 5.26. The number of hydrazone groups is 1. The SMILES string of the molecule is O=C(C1COc2ccccc2O1)N1N=C(c2ccccc2)CC1c1cccc(F)c1. The first-order valence-electron chi connectivity index (χ1n) is 9.79. The summed E-state index contributed by atoms with van der Waals surface area (Å²) >= 11 is 0. The summed E-state index contributed by atoms with van der Waals surface area (Å²) in [5.74, 6) is 0.470. The highest BCUT2D eigenvalue weighted by molar-refractivity contribution is 6.03. The van der Waals surface area contributed by atoms with Gasteiger partial charge in [0.1, 0.15) is 12.4 Å². The Balaban J connectivity index is 1.47. The van der Waals surface area contributed by atoms with Crippen molar-refractivity contribution in [2.75, 3.05) is 6.61 Å². The van der Waals surface area contributed by atoms with Gasteiger partial charge >= 0.3 is 0 Å². The average molecular weight is 402 g/mol. The second-order valence-corrected chi connectivity index (χ2v) is 7.23. The van der Waals surface area contributed by atoms with Crippen LogP contribution in [0.2, 0.25) is 0 Å². The molecule has 0 aromatic heterocycles. The lowest BCUT2D eigenvalue weighted by molar-refractivity contribution is -0.143. The standard InChI is InChI=1S/C24H19FN2O3/c25-18-10-6-9-17(13-18)20-14-19(16-7-2-1-3-8-16)26-27(20)24(28)23-15-29-21-11-4-5-12-22(21)30-23/h1-13,20,23H,14-15H2. The highest BCUT2D eigenvalue weighted by atomic mass is 19.1. The van der Waals surface area contributed by atoms with Crippen LogP contribution in [0.5, 0.6) is 11.5 Å². The Morgan fingerprint density at radius 2 is 1.73 bits per heavy atom. The van der Waals surface area contributed by atoms with Crippen molar-refractivity contribution in [3.8, 4) is 11.5 Å². The summed E-state index contributed by atoms with van der Waals surface area (Å²) in [5, 5.41) is 6.04. The van der Waals surface area contributed by atoms with Crippen molar-refractivity contribution in [1.29, 1.82) is 0 Å². The molecule has 0 bridgehead atoms. The molecule has 6 heteroatoms. The highest BCUT2D eigenvalue weighted by Crippen LogP contribution is 2.36. The van der Waals surface area contributed by atoms with E-state index in [0.717, 1.165) is 11.3 Å². The van der Waals surface area contributed by atoms with Crippen LogP contribution in [0.4, 0.5) is 4.39 Å². The van der Waals surface area contributed by atoms with E-state index in [1.165, 1.54) is 17.1 Å². The Hall–Kier alpha value is -3.67. The fraction of sp³-hybridized carbons (Fsp3) is 0.167. The first-order valence-corrected chi connectivity index (χ1v) is 9.79. The van der Waals surface area contributed by atoms with Crippen molar-refractivity contribution in [2.45, 2.75) is 18.6 Å². The number of hydrogen-bond donors (Lipinski definition) is 0. The summed E-state index contributed by atoms with van der Waals surface area (Å²) in [5.41, 5.74) is 2.39. The van der Waals surface area contributed by atoms with Crippen LogP contribution in [-0.2, 0) is 4.79 Å². The quantitative estimate of drug-likeness (QED) is 0.655. The Kier molecular flexibility index (Phi) is 4.67. The highest BCUT2D eigenvalue weighted by Gasteiger charge is 2.39. The smallest absolute Gasteiger partial charge is 0.287 e. The largest absolute Gasteiger partial charge is 0.485 e. The Bertz CT molecular complexity index is 1120. The van der Waals surface area contributed by atoms with E-state index in [0.29, 0.717) is 23.5 Å². The van der Waals surface area contributed by atoms with E-state index < -0.39 is 12.1 Å². The van der Waals surface area contributed by atoms with Crippen molar-refractivity contribution in [3.63, 3.8) is 0 Å². The van der Waals surface area contributed by atoms with E-state index in [1.807, 2.05) is 48.5 Å². The van der Waals surface area contributed by atoms with Gasteiger partial charge in [-0.3, -0.25) is 4.79 Å². The normalized spacial score (nSPS) is 20.0. The van der Waals surface area contributed by atoms with Crippen LogP contribution in [0.3, 0.4) is 0 Å². The van der Waals surface area contributed by atoms with Crippen molar-refractivity contribution in [1.82, 2.24) is 5.01 Å². The lowest BCUT2D eigenvalue weighted by Gasteiger charge is -2.30. The molecule has 2 heterocycles. The predicted molar refractivity (Wildman–Crippen MR) is 110 cm³/mol. The molecule has 5 nitrogen and oxygen atoms in total. The van der Waals surface area contributed by atoms with Gasteiger partial charge in [-0.25, -0.2) is 9.40 Å². The number of carbonyl (C=O) groups is 1. The van der Waals surface area contributed by atoms with Gasteiger partial charge in [-0.1, -0.05) is 54.6 Å². The third kappa shape index (κ3) is 3.41. The number of rotatable bonds is 3. The van der Waals surface area contributed by atoms with Gasteiger partial charge in [0, 0.05) is 6.42 Å². The maximum absolute atomic E-state index is 13.9. The number of halogens is 1. The van der Waals surface area contributed by atoms with Gasteiger partial charge in [-0.15, -0.1) is 0 Å². The number of carbonyl (C=O) groups excluding carboxylic acids is 1. The van der Waals surface area contributed by atoms with E-state index in [-0.39, 0.29) is 18.3 Å².